The van der Waals surface area contributed by atoms with E-state index in [9.17, 15) is 0 Å². The lowest BCUT2D eigenvalue weighted by Gasteiger charge is -2.29. The number of likely N-dealkylation sites (tertiary alicyclic amines) is 1. The molecule has 3 aliphatic rings. The highest BCUT2D eigenvalue weighted by Crippen LogP contribution is 2.30. The van der Waals surface area contributed by atoms with Crippen molar-refractivity contribution < 1.29 is 0 Å². The number of aryl methyl sites for hydroxylation is 2. The molecule has 0 unspecified atom stereocenters. The van der Waals surface area contributed by atoms with Crippen LogP contribution in [0.4, 0.5) is 5.69 Å². The van der Waals surface area contributed by atoms with Crippen LogP contribution in [0.3, 0.4) is 0 Å². The second-order valence-corrected chi connectivity index (χ2v) is 9.34. The fourth-order valence-corrected chi connectivity index (χ4v) is 5.37. The van der Waals surface area contributed by atoms with Crippen molar-refractivity contribution in [3.63, 3.8) is 0 Å². The van der Waals surface area contributed by atoms with Gasteiger partial charge in [-0.3, -0.25) is 9.88 Å². The lowest BCUT2D eigenvalue weighted by Crippen LogP contribution is -2.43. The predicted molar refractivity (Wildman–Crippen MR) is 128 cm³/mol. The molecule has 0 bridgehead atoms. The van der Waals surface area contributed by atoms with Crippen LogP contribution in [0.5, 0.6) is 0 Å². The molecule has 0 radical (unpaired) electrons. The molecule has 0 amide bonds. The Bertz CT molecular complexity index is 1070. The van der Waals surface area contributed by atoms with Crippen LogP contribution >= 0.6 is 0 Å². The van der Waals surface area contributed by atoms with Gasteiger partial charge in [0.15, 0.2) is 0 Å². The third kappa shape index (κ3) is 3.93. The molecule has 0 spiro atoms. The van der Waals surface area contributed by atoms with Gasteiger partial charge < -0.3 is 14.8 Å². The van der Waals surface area contributed by atoms with Gasteiger partial charge in [-0.1, -0.05) is 12.5 Å². The number of piperidine rings is 1. The number of aromatic nitrogens is 3. The minimum Gasteiger partial charge on any atom is -0.368 e. The van der Waals surface area contributed by atoms with Crippen LogP contribution in [0, 0.1) is 0 Å². The van der Waals surface area contributed by atoms with Gasteiger partial charge in [0, 0.05) is 56.6 Å². The van der Waals surface area contributed by atoms with E-state index in [1.807, 2.05) is 6.20 Å². The van der Waals surface area contributed by atoms with E-state index in [1.54, 1.807) is 0 Å². The summed E-state index contributed by atoms with van der Waals surface area (Å²) in [5.74, 6) is 1.20. The van der Waals surface area contributed by atoms with E-state index in [4.69, 9.17) is 9.97 Å². The Hall–Kier alpha value is -2.70. The number of imidazole rings is 1. The first-order valence-corrected chi connectivity index (χ1v) is 12.2. The monoisotopic (exact) mass is 428 g/mol. The number of pyridine rings is 1. The van der Waals surface area contributed by atoms with Crippen LogP contribution in [0.1, 0.15) is 36.3 Å². The zero-order chi connectivity index (χ0) is 21.3. The summed E-state index contributed by atoms with van der Waals surface area (Å²) in [4.78, 5) is 14.7. The summed E-state index contributed by atoms with van der Waals surface area (Å²) >= 11 is 0. The topological polar surface area (TPSA) is 49.2 Å². The number of piperazine rings is 1. The maximum atomic E-state index is 4.98. The molecule has 6 heteroatoms. The third-order valence-corrected chi connectivity index (χ3v) is 7.15. The predicted octanol–water partition coefficient (Wildman–Crippen LogP) is 3.43. The van der Waals surface area contributed by atoms with Crippen molar-refractivity contribution in [2.45, 2.75) is 38.6 Å². The van der Waals surface area contributed by atoms with Gasteiger partial charge in [0.1, 0.15) is 5.82 Å². The number of benzene rings is 1. The van der Waals surface area contributed by atoms with Crippen LogP contribution in [-0.2, 0) is 19.4 Å². The van der Waals surface area contributed by atoms with E-state index < -0.39 is 0 Å². The number of fused-ring (bicyclic) bond motifs is 3. The maximum Gasteiger partial charge on any atom is 0.113 e. The molecule has 2 aromatic heterocycles. The van der Waals surface area contributed by atoms with E-state index in [0.717, 1.165) is 51.3 Å². The van der Waals surface area contributed by atoms with Gasteiger partial charge >= 0.3 is 0 Å². The average Bonchev–Trinajstić information content (AvgIpc) is 3.28. The number of hydrogen-bond donors (Lipinski definition) is 1. The van der Waals surface area contributed by atoms with Crippen molar-refractivity contribution in [1.29, 1.82) is 0 Å². The van der Waals surface area contributed by atoms with Crippen molar-refractivity contribution in [1.82, 2.24) is 24.8 Å². The van der Waals surface area contributed by atoms with Gasteiger partial charge in [-0.05, 0) is 62.2 Å². The molecule has 2 fully saturated rings. The zero-order valence-electron chi connectivity index (χ0n) is 18.8. The molecule has 6 nitrogen and oxygen atoms in total. The number of anilines is 1. The summed E-state index contributed by atoms with van der Waals surface area (Å²) in [7, 11) is 0. The standard InChI is InChI=1S/C26H32N6/c1-2-12-30(13-3-1)18-22-19-32-25-8-4-20(16-21(25)5-9-26(32)29-22)24-7-6-23(17-28-24)31-14-10-27-11-15-31/h4,6-8,16-17,19,27H,1-3,5,9-15,18H2. The summed E-state index contributed by atoms with van der Waals surface area (Å²) in [5.41, 5.74) is 7.36. The fraction of sp³-hybridized carbons (Fsp3) is 0.462. The minimum atomic E-state index is 0.983. The molecule has 1 N–H and O–H groups in total. The van der Waals surface area contributed by atoms with Crippen LogP contribution < -0.4 is 10.2 Å². The molecule has 5 heterocycles. The Kier molecular flexibility index (Phi) is 5.41. The number of nitrogens with one attached hydrogen (secondary N) is 1. The van der Waals surface area contributed by atoms with Crippen molar-refractivity contribution >= 4 is 5.69 Å². The lowest BCUT2D eigenvalue weighted by molar-refractivity contribution is 0.218. The SMILES string of the molecule is c1cc2c(cc1-c1ccc(N3CCNCC3)cn1)CCc1nc(CN3CCCCC3)cn1-2. The highest BCUT2D eigenvalue weighted by atomic mass is 15.2. The lowest BCUT2D eigenvalue weighted by atomic mass is 9.99. The normalized spacial score (nSPS) is 18.9. The summed E-state index contributed by atoms with van der Waals surface area (Å²) in [6.45, 7) is 7.59. The second kappa shape index (κ2) is 8.68. The number of nitrogens with zero attached hydrogens (tertiary/aromatic N) is 5. The molecule has 6 rings (SSSR count). The molecule has 0 saturated carbocycles. The number of rotatable bonds is 4. The van der Waals surface area contributed by atoms with Gasteiger partial charge in [0.2, 0.25) is 0 Å². The van der Waals surface area contributed by atoms with Crippen molar-refractivity contribution in [3.05, 3.63) is 59.8 Å². The molecular weight excluding hydrogens is 396 g/mol. The highest BCUT2D eigenvalue weighted by molar-refractivity contribution is 5.65. The molecule has 32 heavy (non-hydrogen) atoms. The summed E-state index contributed by atoms with van der Waals surface area (Å²) in [6, 6.07) is 11.2. The van der Waals surface area contributed by atoms with E-state index in [0.29, 0.717) is 0 Å². The van der Waals surface area contributed by atoms with E-state index in [-0.39, 0.29) is 0 Å². The molecule has 166 valence electrons. The van der Waals surface area contributed by atoms with Gasteiger partial charge in [-0.25, -0.2) is 4.98 Å². The summed E-state index contributed by atoms with van der Waals surface area (Å²) < 4.78 is 2.32. The Morgan fingerprint density at radius 1 is 0.906 bits per heavy atom. The maximum absolute atomic E-state index is 4.98. The molecule has 3 aliphatic heterocycles. The minimum absolute atomic E-state index is 0.983. The Morgan fingerprint density at radius 3 is 2.59 bits per heavy atom. The Balaban J connectivity index is 1.22. The quantitative estimate of drug-likeness (QED) is 0.690. The van der Waals surface area contributed by atoms with Crippen LogP contribution in [0.2, 0.25) is 0 Å². The Morgan fingerprint density at radius 2 is 1.78 bits per heavy atom. The molecule has 2 saturated heterocycles. The first kappa shape index (κ1) is 19.9. The molecular formula is C26H32N6. The highest BCUT2D eigenvalue weighted by Gasteiger charge is 2.20. The van der Waals surface area contributed by atoms with Gasteiger partial charge in [0.05, 0.1) is 23.3 Å². The first-order chi connectivity index (χ1) is 15.8. The molecule has 1 aromatic carbocycles. The Labute approximate surface area is 190 Å². The van der Waals surface area contributed by atoms with Gasteiger partial charge in [0.25, 0.3) is 0 Å². The molecule has 3 aromatic rings. The third-order valence-electron chi connectivity index (χ3n) is 7.15. The van der Waals surface area contributed by atoms with Crippen LogP contribution in [0.15, 0.2) is 42.7 Å². The van der Waals surface area contributed by atoms with Gasteiger partial charge in [-0.15, -0.1) is 0 Å². The fourth-order valence-electron chi connectivity index (χ4n) is 5.37. The van der Waals surface area contributed by atoms with Crippen LogP contribution in [0.25, 0.3) is 16.9 Å². The largest absolute Gasteiger partial charge is 0.368 e. The summed E-state index contributed by atoms with van der Waals surface area (Å²) in [6.07, 6.45) is 10.4. The van der Waals surface area contributed by atoms with E-state index in [1.165, 1.54) is 66.4 Å². The van der Waals surface area contributed by atoms with Crippen molar-refractivity contribution in [3.8, 4) is 16.9 Å². The average molecular weight is 429 g/mol. The second-order valence-electron chi connectivity index (χ2n) is 9.34. The molecule has 0 aliphatic carbocycles. The first-order valence-electron chi connectivity index (χ1n) is 12.2. The van der Waals surface area contributed by atoms with E-state index >= 15 is 0 Å². The molecule has 0 atom stereocenters. The summed E-state index contributed by atoms with van der Waals surface area (Å²) in [5, 5.41) is 3.41. The zero-order valence-corrected chi connectivity index (χ0v) is 18.8. The van der Waals surface area contributed by atoms with Crippen molar-refractivity contribution in [2.24, 2.45) is 0 Å². The van der Waals surface area contributed by atoms with Crippen LogP contribution in [-0.4, -0.2) is 58.7 Å². The van der Waals surface area contributed by atoms with E-state index in [2.05, 4.69) is 56.2 Å². The number of hydrogen-bond acceptors (Lipinski definition) is 5. The van der Waals surface area contributed by atoms with Gasteiger partial charge in [-0.2, -0.15) is 0 Å². The smallest absolute Gasteiger partial charge is 0.113 e. The van der Waals surface area contributed by atoms with Crippen molar-refractivity contribution in [2.75, 3.05) is 44.2 Å².